The fourth-order valence-electron chi connectivity index (χ4n) is 1.71. The second-order valence-electron chi connectivity index (χ2n) is 4.46. The number of ether oxygens (including phenoxy) is 1. The molecule has 1 atom stereocenters. The van der Waals surface area contributed by atoms with Crippen LogP contribution in [-0.2, 0) is 6.61 Å². The number of pyridine rings is 1. The maximum atomic E-state index is 13.9. The first kappa shape index (κ1) is 14.9. The average molecular weight is 339 g/mol. The Morgan fingerprint density at radius 3 is 2.75 bits per heavy atom. The van der Waals surface area contributed by atoms with Gasteiger partial charge in [0.25, 0.3) is 0 Å². The second-order valence-corrected chi connectivity index (χ2v) is 5.37. The van der Waals surface area contributed by atoms with Crippen molar-refractivity contribution in [2.45, 2.75) is 19.6 Å². The Balaban J connectivity index is 2.04. The number of nitrogens with zero attached hydrogens (tertiary/aromatic N) is 1. The molecule has 106 valence electrons. The van der Waals surface area contributed by atoms with Gasteiger partial charge in [0.05, 0.1) is 5.69 Å². The highest BCUT2D eigenvalue weighted by atomic mass is 79.9. The number of benzene rings is 1. The Labute approximate surface area is 126 Å². The van der Waals surface area contributed by atoms with Gasteiger partial charge in [-0.25, -0.2) is 4.39 Å². The third-order valence-corrected chi connectivity index (χ3v) is 3.52. The number of rotatable bonds is 5. The van der Waals surface area contributed by atoms with Gasteiger partial charge in [0.15, 0.2) is 11.6 Å². The molecule has 1 N–H and O–H groups in total. The fraction of sp³-hybridized carbons (Fsp3) is 0.267. The first-order chi connectivity index (χ1) is 9.60. The highest BCUT2D eigenvalue weighted by Gasteiger charge is 2.09. The van der Waals surface area contributed by atoms with Crippen molar-refractivity contribution in [3.05, 3.63) is 58.1 Å². The lowest BCUT2D eigenvalue weighted by atomic mass is 10.1. The fourth-order valence-corrected chi connectivity index (χ4v) is 1.95. The topological polar surface area (TPSA) is 34.1 Å². The van der Waals surface area contributed by atoms with Gasteiger partial charge in [0, 0.05) is 16.7 Å². The van der Waals surface area contributed by atoms with E-state index in [0.29, 0.717) is 0 Å². The number of hydrogen-bond acceptors (Lipinski definition) is 3. The molecule has 0 fully saturated rings. The zero-order valence-electron chi connectivity index (χ0n) is 11.4. The van der Waals surface area contributed by atoms with Gasteiger partial charge in [-0.2, -0.15) is 0 Å². The summed E-state index contributed by atoms with van der Waals surface area (Å²) in [6, 6.07) is 8.81. The number of halogens is 2. The molecule has 3 nitrogen and oxygen atoms in total. The summed E-state index contributed by atoms with van der Waals surface area (Å²) in [5.41, 5.74) is 1.64. The van der Waals surface area contributed by atoms with Crippen LogP contribution in [0.5, 0.6) is 5.75 Å². The minimum absolute atomic E-state index is 0.103. The molecule has 0 spiro atoms. The van der Waals surface area contributed by atoms with Crippen molar-refractivity contribution in [1.82, 2.24) is 10.3 Å². The summed E-state index contributed by atoms with van der Waals surface area (Å²) in [6.07, 6.45) is 1.69. The van der Waals surface area contributed by atoms with E-state index in [4.69, 9.17) is 4.74 Å². The predicted molar refractivity (Wildman–Crippen MR) is 80.1 cm³/mol. The van der Waals surface area contributed by atoms with Gasteiger partial charge >= 0.3 is 0 Å². The molecule has 1 unspecified atom stereocenters. The van der Waals surface area contributed by atoms with Crippen LogP contribution in [0.1, 0.15) is 24.2 Å². The molecular weight excluding hydrogens is 323 g/mol. The van der Waals surface area contributed by atoms with Gasteiger partial charge in [-0.1, -0.05) is 6.07 Å². The first-order valence-corrected chi connectivity index (χ1v) is 7.09. The molecule has 1 aromatic carbocycles. The van der Waals surface area contributed by atoms with E-state index in [-0.39, 0.29) is 24.2 Å². The normalized spacial score (nSPS) is 12.2. The second kappa shape index (κ2) is 6.81. The van der Waals surface area contributed by atoms with Gasteiger partial charge in [-0.15, -0.1) is 0 Å². The van der Waals surface area contributed by atoms with Gasteiger partial charge in [0.2, 0.25) is 0 Å². The van der Waals surface area contributed by atoms with Gasteiger partial charge in [-0.3, -0.25) is 4.98 Å². The van der Waals surface area contributed by atoms with Crippen molar-refractivity contribution in [1.29, 1.82) is 0 Å². The molecule has 0 bridgehead atoms. The third kappa shape index (κ3) is 3.77. The minimum Gasteiger partial charge on any atom is -0.484 e. The summed E-state index contributed by atoms with van der Waals surface area (Å²) in [5, 5.41) is 3.07. The maximum absolute atomic E-state index is 13.9. The highest BCUT2D eigenvalue weighted by molar-refractivity contribution is 9.10. The molecule has 0 radical (unpaired) electrons. The molecule has 0 amide bonds. The molecule has 2 aromatic rings. The van der Waals surface area contributed by atoms with Crippen LogP contribution in [0.3, 0.4) is 0 Å². The summed E-state index contributed by atoms with van der Waals surface area (Å²) in [6.45, 7) is 2.21. The molecule has 1 heterocycles. The van der Waals surface area contributed by atoms with E-state index in [0.717, 1.165) is 15.7 Å². The molecule has 0 aliphatic carbocycles. The molecule has 0 aliphatic heterocycles. The Hall–Kier alpha value is -1.46. The number of nitrogens with one attached hydrogen (secondary N) is 1. The predicted octanol–water partition coefficient (Wildman–Crippen LogP) is 3.84. The number of hydrogen-bond donors (Lipinski definition) is 1. The summed E-state index contributed by atoms with van der Waals surface area (Å²) in [4.78, 5) is 4.18. The zero-order valence-corrected chi connectivity index (χ0v) is 12.9. The summed E-state index contributed by atoms with van der Waals surface area (Å²) >= 11 is 3.31. The number of aromatic nitrogens is 1. The smallest absolute Gasteiger partial charge is 0.165 e. The molecule has 5 heteroatoms. The Morgan fingerprint density at radius 1 is 1.35 bits per heavy atom. The monoisotopic (exact) mass is 338 g/mol. The van der Waals surface area contributed by atoms with Gasteiger partial charge in [0.1, 0.15) is 6.61 Å². The average Bonchev–Trinajstić information content (AvgIpc) is 2.46. The van der Waals surface area contributed by atoms with E-state index in [9.17, 15) is 4.39 Å². The minimum atomic E-state index is -0.360. The van der Waals surface area contributed by atoms with E-state index in [1.807, 2.05) is 32.2 Å². The molecular formula is C15H16BrFN2O. The van der Waals surface area contributed by atoms with Crippen molar-refractivity contribution < 1.29 is 9.13 Å². The van der Waals surface area contributed by atoms with E-state index in [1.54, 1.807) is 12.3 Å². The summed E-state index contributed by atoms with van der Waals surface area (Å²) < 4.78 is 20.3. The molecule has 0 saturated heterocycles. The Bertz CT molecular complexity index is 575. The van der Waals surface area contributed by atoms with Crippen LogP contribution in [0.25, 0.3) is 0 Å². The van der Waals surface area contributed by atoms with Crippen molar-refractivity contribution in [3.63, 3.8) is 0 Å². The summed E-state index contributed by atoms with van der Waals surface area (Å²) in [7, 11) is 1.84. The van der Waals surface area contributed by atoms with Crippen LogP contribution >= 0.6 is 15.9 Å². The van der Waals surface area contributed by atoms with Gasteiger partial charge < -0.3 is 10.1 Å². The van der Waals surface area contributed by atoms with Crippen LogP contribution in [-0.4, -0.2) is 12.0 Å². The molecule has 0 saturated carbocycles. The summed E-state index contributed by atoms with van der Waals surface area (Å²) in [5.74, 6) is -0.122. The molecule has 2 rings (SSSR count). The van der Waals surface area contributed by atoms with Crippen molar-refractivity contribution >= 4 is 15.9 Å². The van der Waals surface area contributed by atoms with E-state index in [1.165, 1.54) is 6.07 Å². The van der Waals surface area contributed by atoms with Gasteiger partial charge in [-0.05, 0) is 59.7 Å². The Morgan fingerprint density at radius 2 is 2.15 bits per heavy atom. The standard InChI is InChI=1S/C15H16BrFN2O/c1-10(18-2)11-3-6-15(14(17)7-11)20-9-13-5-4-12(16)8-19-13/h3-8,10,18H,9H2,1-2H3. The van der Waals surface area contributed by atoms with Crippen LogP contribution in [0.2, 0.25) is 0 Å². The first-order valence-electron chi connectivity index (χ1n) is 6.30. The van der Waals surface area contributed by atoms with Crippen molar-refractivity contribution in [3.8, 4) is 5.75 Å². The van der Waals surface area contributed by atoms with Crippen molar-refractivity contribution in [2.75, 3.05) is 7.05 Å². The van der Waals surface area contributed by atoms with E-state index < -0.39 is 0 Å². The SMILES string of the molecule is CNC(C)c1ccc(OCc2ccc(Br)cn2)c(F)c1. The van der Waals surface area contributed by atoms with Crippen LogP contribution in [0, 0.1) is 5.82 Å². The zero-order chi connectivity index (χ0) is 14.5. The molecule has 0 aliphatic rings. The lowest BCUT2D eigenvalue weighted by Crippen LogP contribution is -2.12. The van der Waals surface area contributed by atoms with Crippen LogP contribution in [0.4, 0.5) is 4.39 Å². The molecule has 20 heavy (non-hydrogen) atoms. The lowest BCUT2D eigenvalue weighted by molar-refractivity contribution is 0.285. The van der Waals surface area contributed by atoms with Crippen molar-refractivity contribution in [2.24, 2.45) is 0 Å². The third-order valence-electron chi connectivity index (χ3n) is 3.05. The quantitative estimate of drug-likeness (QED) is 0.899. The Kier molecular flexibility index (Phi) is 5.09. The van der Waals surface area contributed by atoms with E-state index >= 15 is 0 Å². The maximum Gasteiger partial charge on any atom is 0.165 e. The highest BCUT2D eigenvalue weighted by Crippen LogP contribution is 2.22. The largest absolute Gasteiger partial charge is 0.484 e. The van der Waals surface area contributed by atoms with E-state index in [2.05, 4.69) is 26.2 Å². The lowest BCUT2D eigenvalue weighted by Gasteiger charge is -2.12. The van der Waals surface area contributed by atoms with Crippen LogP contribution in [0.15, 0.2) is 41.0 Å². The molecule has 1 aromatic heterocycles. The van der Waals surface area contributed by atoms with Crippen LogP contribution < -0.4 is 10.1 Å².